The molecule has 0 bridgehead atoms. The fraction of sp³-hybridized carbons (Fsp3) is 0.417. The molecule has 4 nitrogen and oxygen atoms in total. The van der Waals surface area contributed by atoms with Crippen LogP contribution in [0.5, 0.6) is 0 Å². The van der Waals surface area contributed by atoms with E-state index in [0.717, 1.165) is 5.56 Å². The summed E-state index contributed by atoms with van der Waals surface area (Å²) in [6, 6.07) is 5.15. The Balaban J connectivity index is 2.50. The maximum atomic E-state index is 11.6. The highest BCUT2D eigenvalue weighted by molar-refractivity contribution is 5.90. The van der Waals surface area contributed by atoms with Crippen LogP contribution in [0.25, 0.3) is 0 Å². The summed E-state index contributed by atoms with van der Waals surface area (Å²) < 4.78 is 9.90. The molecule has 1 aromatic carbocycles. The van der Waals surface area contributed by atoms with Crippen molar-refractivity contribution in [3.63, 3.8) is 0 Å². The van der Waals surface area contributed by atoms with Crippen LogP contribution in [0.2, 0.25) is 0 Å². The molecule has 88 valence electrons. The zero-order chi connectivity index (χ0) is 12.0. The second-order valence-electron chi connectivity index (χ2n) is 3.55. The highest BCUT2D eigenvalue weighted by Crippen LogP contribution is 2.13. The molecule has 0 aliphatic heterocycles. The third-order valence-electron chi connectivity index (χ3n) is 2.24. The summed E-state index contributed by atoms with van der Waals surface area (Å²) >= 11 is 0. The van der Waals surface area contributed by atoms with Crippen LogP contribution in [0.3, 0.4) is 0 Å². The van der Waals surface area contributed by atoms with Crippen molar-refractivity contribution >= 4 is 11.7 Å². The van der Waals surface area contributed by atoms with Crippen molar-refractivity contribution in [1.82, 2.24) is 0 Å². The Kier molecular flexibility index (Phi) is 4.79. The van der Waals surface area contributed by atoms with Crippen molar-refractivity contribution in [3.05, 3.63) is 29.3 Å². The van der Waals surface area contributed by atoms with E-state index in [-0.39, 0.29) is 5.97 Å². The first-order valence-corrected chi connectivity index (χ1v) is 5.17. The number of aryl methyl sites for hydroxylation is 1. The molecular formula is C12H17NO3. The fourth-order valence-electron chi connectivity index (χ4n) is 1.22. The van der Waals surface area contributed by atoms with Gasteiger partial charge < -0.3 is 15.2 Å². The number of benzene rings is 1. The van der Waals surface area contributed by atoms with Gasteiger partial charge in [0, 0.05) is 25.8 Å². The van der Waals surface area contributed by atoms with E-state index in [9.17, 15) is 4.79 Å². The van der Waals surface area contributed by atoms with Gasteiger partial charge >= 0.3 is 5.97 Å². The van der Waals surface area contributed by atoms with Crippen molar-refractivity contribution in [2.45, 2.75) is 13.3 Å². The van der Waals surface area contributed by atoms with Crippen LogP contribution in [-0.2, 0) is 9.47 Å². The van der Waals surface area contributed by atoms with Gasteiger partial charge in [-0.1, -0.05) is 6.07 Å². The Morgan fingerprint density at radius 3 is 2.75 bits per heavy atom. The number of anilines is 1. The number of rotatable bonds is 5. The Morgan fingerprint density at radius 1 is 1.38 bits per heavy atom. The second-order valence-corrected chi connectivity index (χ2v) is 3.55. The molecule has 4 heteroatoms. The van der Waals surface area contributed by atoms with E-state index in [1.807, 2.05) is 6.92 Å². The van der Waals surface area contributed by atoms with Crippen LogP contribution in [0.4, 0.5) is 5.69 Å². The van der Waals surface area contributed by atoms with E-state index in [2.05, 4.69) is 0 Å². The molecule has 0 aliphatic rings. The molecule has 0 aromatic heterocycles. The van der Waals surface area contributed by atoms with Gasteiger partial charge in [-0.2, -0.15) is 0 Å². The molecule has 0 atom stereocenters. The zero-order valence-corrected chi connectivity index (χ0v) is 9.66. The first-order chi connectivity index (χ1) is 7.65. The first-order valence-electron chi connectivity index (χ1n) is 5.17. The minimum Gasteiger partial charge on any atom is -0.462 e. The average Bonchev–Trinajstić information content (AvgIpc) is 2.28. The lowest BCUT2D eigenvalue weighted by Crippen LogP contribution is -2.08. The summed E-state index contributed by atoms with van der Waals surface area (Å²) in [4.78, 5) is 11.6. The first kappa shape index (κ1) is 12.5. The number of nitrogens with two attached hydrogens (primary N) is 1. The van der Waals surface area contributed by atoms with E-state index in [1.165, 1.54) is 0 Å². The fourth-order valence-corrected chi connectivity index (χ4v) is 1.22. The Morgan fingerprint density at radius 2 is 2.12 bits per heavy atom. The Bertz CT molecular complexity index is 363. The SMILES string of the molecule is COCCCOC(=O)c1ccc(C)c(N)c1. The molecule has 0 fully saturated rings. The number of hydrogen-bond acceptors (Lipinski definition) is 4. The van der Waals surface area contributed by atoms with E-state index in [4.69, 9.17) is 15.2 Å². The predicted molar refractivity (Wildman–Crippen MR) is 62.4 cm³/mol. The van der Waals surface area contributed by atoms with Crippen LogP contribution in [0, 0.1) is 6.92 Å². The number of carbonyl (C=O) groups is 1. The largest absolute Gasteiger partial charge is 0.462 e. The number of esters is 1. The van der Waals surface area contributed by atoms with E-state index in [1.54, 1.807) is 25.3 Å². The summed E-state index contributed by atoms with van der Waals surface area (Å²) in [5.74, 6) is -0.345. The molecule has 0 radical (unpaired) electrons. The van der Waals surface area contributed by atoms with Gasteiger partial charge in [-0.3, -0.25) is 0 Å². The molecule has 0 aliphatic carbocycles. The molecule has 0 saturated heterocycles. The minimum absolute atomic E-state index is 0.345. The normalized spacial score (nSPS) is 10.1. The van der Waals surface area contributed by atoms with Crippen molar-refractivity contribution in [3.8, 4) is 0 Å². The molecule has 1 aromatic rings. The number of hydrogen-bond donors (Lipinski definition) is 1. The van der Waals surface area contributed by atoms with Gasteiger partial charge in [0.05, 0.1) is 12.2 Å². The Labute approximate surface area is 95.3 Å². The van der Waals surface area contributed by atoms with Gasteiger partial charge in [-0.05, 0) is 24.6 Å². The summed E-state index contributed by atoms with van der Waals surface area (Å²) in [5.41, 5.74) is 7.75. The maximum Gasteiger partial charge on any atom is 0.338 e. The topological polar surface area (TPSA) is 61.5 Å². The van der Waals surface area contributed by atoms with Crippen molar-refractivity contribution in [2.24, 2.45) is 0 Å². The van der Waals surface area contributed by atoms with E-state index < -0.39 is 0 Å². The average molecular weight is 223 g/mol. The van der Waals surface area contributed by atoms with Crippen LogP contribution >= 0.6 is 0 Å². The van der Waals surface area contributed by atoms with Gasteiger partial charge in [0.2, 0.25) is 0 Å². The minimum atomic E-state index is -0.345. The lowest BCUT2D eigenvalue weighted by Gasteiger charge is -2.06. The molecule has 0 amide bonds. The predicted octanol–water partition coefficient (Wildman–Crippen LogP) is 1.77. The summed E-state index contributed by atoms with van der Waals surface area (Å²) in [6.07, 6.45) is 0.698. The quantitative estimate of drug-likeness (QED) is 0.469. The highest BCUT2D eigenvalue weighted by atomic mass is 16.5. The monoisotopic (exact) mass is 223 g/mol. The lowest BCUT2D eigenvalue weighted by molar-refractivity contribution is 0.0468. The molecular weight excluding hydrogens is 206 g/mol. The molecule has 0 unspecified atom stereocenters. The number of methoxy groups -OCH3 is 1. The van der Waals surface area contributed by atoms with E-state index in [0.29, 0.717) is 30.9 Å². The third-order valence-corrected chi connectivity index (χ3v) is 2.24. The second kappa shape index (κ2) is 6.12. The van der Waals surface area contributed by atoms with Gasteiger partial charge in [-0.25, -0.2) is 4.79 Å². The molecule has 1 rings (SSSR count). The third kappa shape index (κ3) is 3.55. The van der Waals surface area contributed by atoms with E-state index >= 15 is 0 Å². The molecule has 0 heterocycles. The number of nitrogen functional groups attached to an aromatic ring is 1. The van der Waals surface area contributed by atoms with Gasteiger partial charge in [0.1, 0.15) is 0 Å². The molecule has 2 N–H and O–H groups in total. The molecule has 0 saturated carbocycles. The van der Waals surface area contributed by atoms with Gasteiger partial charge in [0.25, 0.3) is 0 Å². The number of carbonyl (C=O) groups excluding carboxylic acids is 1. The van der Waals surface area contributed by atoms with Crippen molar-refractivity contribution in [2.75, 3.05) is 26.1 Å². The van der Waals surface area contributed by atoms with Crippen molar-refractivity contribution in [1.29, 1.82) is 0 Å². The Hall–Kier alpha value is -1.55. The summed E-state index contributed by atoms with van der Waals surface area (Å²) in [5, 5.41) is 0. The summed E-state index contributed by atoms with van der Waals surface area (Å²) in [6.45, 7) is 2.84. The van der Waals surface area contributed by atoms with Crippen LogP contribution in [0.15, 0.2) is 18.2 Å². The molecule has 0 spiro atoms. The zero-order valence-electron chi connectivity index (χ0n) is 9.66. The van der Waals surface area contributed by atoms with Crippen LogP contribution in [0.1, 0.15) is 22.3 Å². The summed E-state index contributed by atoms with van der Waals surface area (Å²) in [7, 11) is 1.61. The van der Waals surface area contributed by atoms with Crippen LogP contribution < -0.4 is 5.73 Å². The van der Waals surface area contributed by atoms with Crippen molar-refractivity contribution < 1.29 is 14.3 Å². The lowest BCUT2D eigenvalue weighted by atomic mass is 10.1. The van der Waals surface area contributed by atoms with Crippen LogP contribution in [-0.4, -0.2) is 26.3 Å². The highest BCUT2D eigenvalue weighted by Gasteiger charge is 2.07. The maximum absolute atomic E-state index is 11.6. The molecule has 16 heavy (non-hydrogen) atoms. The smallest absolute Gasteiger partial charge is 0.338 e. The van der Waals surface area contributed by atoms with Gasteiger partial charge in [-0.15, -0.1) is 0 Å². The standard InChI is InChI=1S/C12H17NO3/c1-9-4-5-10(8-11(9)13)12(14)16-7-3-6-15-2/h4-5,8H,3,6-7,13H2,1-2H3. The number of ether oxygens (including phenoxy) is 2. The van der Waals surface area contributed by atoms with Gasteiger partial charge in [0.15, 0.2) is 0 Å².